The third kappa shape index (κ3) is 3.87. The first kappa shape index (κ1) is 15.2. The minimum Gasteiger partial charge on any atom is -0.472 e. The number of hydrogen-bond acceptors (Lipinski definition) is 5. The van der Waals surface area contributed by atoms with Gasteiger partial charge >= 0.3 is 6.09 Å². The van der Waals surface area contributed by atoms with E-state index in [1.54, 1.807) is 23.5 Å². The first-order chi connectivity index (χ1) is 9.90. The summed E-state index contributed by atoms with van der Waals surface area (Å²) < 4.78 is 10.6. The average Bonchev–Trinajstić information content (AvgIpc) is 2.85. The molecule has 114 valence electrons. The molecule has 0 atom stereocenters. The standard InChI is InChI=1S/C15H20N2O4/c1-5-6-20-16-13-8-17(14(18)21-15(2,3)4)7-11-9-19-10-12(11)13/h5,9-10H,1,6-8H2,2-4H3. The zero-order valence-corrected chi connectivity index (χ0v) is 12.6. The van der Waals surface area contributed by atoms with Crippen LogP contribution in [0.15, 0.2) is 34.8 Å². The number of oxime groups is 1. The molecule has 1 aromatic rings. The lowest BCUT2D eigenvalue weighted by Gasteiger charge is -2.30. The van der Waals surface area contributed by atoms with Crippen molar-refractivity contribution in [1.82, 2.24) is 4.90 Å². The summed E-state index contributed by atoms with van der Waals surface area (Å²) >= 11 is 0. The molecule has 0 aromatic carbocycles. The Morgan fingerprint density at radius 3 is 2.90 bits per heavy atom. The molecule has 0 radical (unpaired) electrons. The van der Waals surface area contributed by atoms with Crippen molar-refractivity contribution in [3.8, 4) is 0 Å². The van der Waals surface area contributed by atoms with Gasteiger partial charge in [-0.05, 0) is 20.8 Å². The van der Waals surface area contributed by atoms with Gasteiger partial charge in [-0.25, -0.2) is 4.79 Å². The Kier molecular flexibility index (Phi) is 4.35. The highest BCUT2D eigenvalue weighted by atomic mass is 16.6. The van der Waals surface area contributed by atoms with Gasteiger partial charge in [0.15, 0.2) is 0 Å². The quantitative estimate of drug-likeness (QED) is 0.488. The molecule has 1 aliphatic heterocycles. The molecule has 1 aliphatic rings. The van der Waals surface area contributed by atoms with Gasteiger partial charge in [-0.3, -0.25) is 4.90 Å². The summed E-state index contributed by atoms with van der Waals surface area (Å²) in [6, 6.07) is 0. The molecule has 0 fully saturated rings. The molecule has 2 heterocycles. The Balaban J connectivity index is 2.16. The van der Waals surface area contributed by atoms with Crippen LogP contribution in [0.1, 0.15) is 31.9 Å². The van der Waals surface area contributed by atoms with Crippen LogP contribution < -0.4 is 0 Å². The molecule has 21 heavy (non-hydrogen) atoms. The summed E-state index contributed by atoms with van der Waals surface area (Å²) in [4.78, 5) is 18.9. The largest absolute Gasteiger partial charge is 0.472 e. The van der Waals surface area contributed by atoms with Crippen LogP contribution in [0.4, 0.5) is 4.79 Å². The fourth-order valence-corrected chi connectivity index (χ4v) is 1.93. The Bertz CT molecular complexity index is 554. The van der Waals surface area contributed by atoms with Crippen LogP contribution in [-0.4, -0.2) is 35.5 Å². The van der Waals surface area contributed by atoms with Crippen molar-refractivity contribution < 1.29 is 18.8 Å². The summed E-state index contributed by atoms with van der Waals surface area (Å²) in [5.41, 5.74) is 1.84. The zero-order chi connectivity index (χ0) is 15.5. The highest BCUT2D eigenvalue weighted by molar-refractivity contribution is 6.04. The van der Waals surface area contributed by atoms with Crippen LogP contribution in [0.25, 0.3) is 0 Å². The molecule has 6 heteroatoms. The Labute approximate surface area is 124 Å². The van der Waals surface area contributed by atoms with Gasteiger partial charge in [-0.2, -0.15) is 0 Å². The van der Waals surface area contributed by atoms with Crippen molar-refractivity contribution in [3.05, 3.63) is 36.3 Å². The van der Waals surface area contributed by atoms with Gasteiger partial charge < -0.3 is 14.0 Å². The van der Waals surface area contributed by atoms with Crippen LogP contribution in [0.3, 0.4) is 0 Å². The third-order valence-corrected chi connectivity index (χ3v) is 2.77. The fourth-order valence-electron chi connectivity index (χ4n) is 1.93. The highest BCUT2D eigenvalue weighted by Crippen LogP contribution is 2.22. The van der Waals surface area contributed by atoms with E-state index >= 15 is 0 Å². The van der Waals surface area contributed by atoms with Gasteiger partial charge in [0.25, 0.3) is 0 Å². The minimum atomic E-state index is -0.537. The third-order valence-electron chi connectivity index (χ3n) is 2.77. The molecule has 6 nitrogen and oxygen atoms in total. The average molecular weight is 292 g/mol. The van der Waals surface area contributed by atoms with Gasteiger partial charge in [0.05, 0.1) is 25.6 Å². The van der Waals surface area contributed by atoms with Crippen molar-refractivity contribution >= 4 is 11.8 Å². The van der Waals surface area contributed by atoms with E-state index in [1.807, 2.05) is 20.8 Å². The second-order valence-corrected chi connectivity index (χ2v) is 5.77. The summed E-state index contributed by atoms with van der Waals surface area (Å²) in [6.07, 6.45) is 4.44. The molecule has 0 saturated carbocycles. The Morgan fingerprint density at radius 2 is 2.24 bits per heavy atom. The number of furan rings is 1. The fraction of sp³-hybridized carbons (Fsp3) is 0.467. The summed E-state index contributed by atoms with van der Waals surface area (Å²) in [7, 11) is 0. The molecule has 0 unspecified atom stereocenters. The number of carbonyl (C=O) groups is 1. The molecule has 0 saturated heterocycles. The van der Waals surface area contributed by atoms with Crippen LogP contribution in [0, 0.1) is 0 Å². The van der Waals surface area contributed by atoms with E-state index in [0.29, 0.717) is 25.4 Å². The number of amides is 1. The van der Waals surface area contributed by atoms with Gasteiger partial charge in [-0.15, -0.1) is 0 Å². The lowest BCUT2D eigenvalue weighted by Crippen LogP contribution is -2.42. The summed E-state index contributed by atoms with van der Waals surface area (Å²) in [6.45, 7) is 10.1. The Morgan fingerprint density at radius 1 is 1.48 bits per heavy atom. The van der Waals surface area contributed by atoms with E-state index in [-0.39, 0.29) is 6.09 Å². The van der Waals surface area contributed by atoms with Crippen molar-refractivity contribution in [2.75, 3.05) is 13.2 Å². The lowest BCUT2D eigenvalue weighted by atomic mass is 10.0. The van der Waals surface area contributed by atoms with E-state index in [4.69, 9.17) is 14.0 Å². The van der Waals surface area contributed by atoms with Gasteiger partial charge in [0.1, 0.15) is 17.9 Å². The molecule has 1 amide bonds. The smallest absolute Gasteiger partial charge is 0.410 e. The van der Waals surface area contributed by atoms with Crippen LogP contribution in [-0.2, 0) is 16.1 Å². The van der Waals surface area contributed by atoms with Crippen LogP contribution >= 0.6 is 0 Å². The molecular weight excluding hydrogens is 272 g/mol. The monoisotopic (exact) mass is 292 g/mol. The van der Waals surface area contributed by atoms with E-state index in [1.165, 1.54) is 0 Å². The first-order valence-corrected chi connectivity index (χ1v) is 6.74. The zero-order valence-electron chi connectivity index (χ0n) is 12.6. The number of nitrogens with zero attached hydrogens (tertiary/aromatic N) is 2. The molecule has 0 N–H and O–H groups in total. The maximum atomic E-state index is 12.2. The van der Waals surface area contributed by atoms with Gasteiger partial charge in [-0.1, -0.05) is 17.8 Å². The molecular formula is C15H20N2O4. The van der Waals surface area contributed by atoms with Crippen LogP contribution in [0.2, 0.25) is 0 Å². The number of ether oxygens (including phenoxy) is 1. The lowest BCUT2D eigenvalue weighted by molar-refractivity contribution is 0.0257. The number of rotatable bonds is 3. The summed E-state index contributed by atoms with van der Waals surface area (Å²) in [5.74, 6) is 0. The van der Waals surface area contributed by atoms with E-state index in [9.17, 15) is 4.79 Å². The van der Waals surface area contributed by atoms with Gasteiger partial charge in [0.2, 0.25) is 0 Å². The molecule has 0 bridgehead atoms. The molecule has 1 aromatic heterocycles. The number of fused-ring (bicyclic) bond motifs is 1. The predicted molar refractivity (Wildman–Crippen MR) is 78.0 cm³/mol. The van der Waals surface area contributed by atoms with Gasteiger partial charge in [0, 0.05) is 11.1 Å². The first-order valence-electron chi connectivity index (χ1n) is 6.74. The SMILES string of the molecule is C=CCON=C1CN(C(=O)OC(C)(C)C)Cc2cocc21. The number of carbonyl (C=O) groups excluding carboxylic acids is 1. The molecule has 0 aliphatic carbocycles. The molecule has 2 rings (SSSR count). The van der Waals surface area contributed by atoms with E-state index < -0.39 is 5.60 Å². The normalized spacial score (nSPS) is 16.5. The molecule has 0 spiro atoms. The second kappa shape index (κ2) is 6.03. The minimum absolute atomic E-state index is 0.309. The Hall–Kier alpha value is -2.24. The van der Waals surface area contributed by atoms with E-state index in [2.05, 4.69) is 11.7 Å². The maximum absolute atomic E-state index is 12.2. The summed E-state index contributed by atoms with van der Waals surface area (Å²) in [5, 5.41) is 4.05. The van der Waals surface area contributed by atoms with Crippen molar-refractivity contribution in [3.63, 3.8) is 0 Å². The predicted octanol–water partition coefficient (Wildman–Crippen LogP) is 2.94. The van der Waals surface area contributed by atoms with Crippen molar-refractivity contribution in [2.45, 2.75) is 32.9 Å². The highest BCUT2D eigenvalue weighted by Gasteiger charge is 2.30. The van der Waals surface area contributed by atoms with E-state index in [0.717, 1.165) is 11.1 Å². The number of hydrogen-bond donors (Lipinski definition) is 0. The van der Waals surface area contributed by atoms with Crippen LogP contribution in [0.5, 0.6) is 0 Å². The van der Waals surface area contributed by atoms with Crippen molar-refractivity contribution in [2.24, 2.45) is 5.16 Å². The maximum Gasteiger partial charge on any atom is 0.410 e. The van der Waals surface area contributed by atoms with Crippen molar-refractivity contribution in [1.29, 1.82) is 0 Å². The second-order valence-electron chi connectivity index (χ2n) is 5.77. The topological polar surface area (TPSA) is 64.3 Å².